The smallest absolute Gasteiger partial charge is 0.408 e. The Bertz CT molecular complexity index is 457. The van der Waals surface area contributed by atoms with Crippen molar-refractivity contribution in [2.75, 3.05) is 6.54 Å². The summed E-state index contributed by atoms with van der Waals surface area (Å²) in [4.78, 5) is 34.1. The summed E-state index contributed by atoms with van der Waals surface area (Å²) < 4.78 is 0. The van der Waals surface area contributed by atoms with Crippen LogP contribution in [-0.4, -0.2) is 45.5 Å². The molecule has 1 atom stereocenters. The third-order valence-electron chi connectivity index (χ3n) is 2.48. The van der Waals surface area contributed by atoms with E-state index in [1.165, 1.54) is 6.92 Å². The second-order valence-corrected chi connectivity index (χ2v) is 3.71. The molecule has 18 heavy (non-hydrogen) atoms. The summed E-state index contributed by atoms with van der Waals surface area (Å²) in [5.41, 5.74) is 0.348. The van der Waals surface area contributed by atoms with Gasteiger partial charge in [-0.25, -0.2) is 9.59 Å². The zero-order valence-corrected chi connectivity index (χ0v) is 9.74. The number of carbonyl (C=O) groups excluding carboxylic acids is 1. The maximum atomic E-state index is 11.8. The highest BCUT2D eigenvalue weighted by Crippen LogP contribution is 2.06. The van der Waals surface area contributed by atoms with Crippen LogP contribution in [0.3, 0.4) is 0 Å². The van der Waals surface area contributed by atoms with Crippen LogP contribution in [0.2, 0.25) is 0 Å². The highest BCUT2D eigenvalue weighted by atomic mass is 16.4. The van der Waals surface area contributed by atoms with Gasteiger partial charge >= 0.3 is 12.1 Å². The Labute approximate surface area is 103 Å². The number of hydrogen-bond acceptors (Lipinski definition) is 3. The lowest BCUT2D eigenvalue weighted by atomic mass is 10.1. The topological polar surface area (TPSA) is 94.9 Å². The third kappa shape index (κ3) is 3.31. The molecule has 0 spiro atoms. The van der Waals surface area contributed by atoms with Crippen molar-refractivity contribution in [1.82, 2.24) is 4.90 Å². The Morgan fingerprint density at radius 1 is 1.17 bits per heavy atom. The molecule has 6 heteroatoms. The molecule has 0 aliphatic carbocycles. The van der Waals surface area contributed by atoms with Crippen LogP contribution < -0.4 is 0 Å². The van der Waals surface area contributed by atoms with Crippen LogP contribution in [0.4, 0.5) is 4.79 Å². The lowest BCUT2D eigenvalue weighted by Gasteiger charge is -2.22. The summed E-state index contributed by atoms with van der Waals surface area (Å²) in [5.74, 6) is -1.73. The lowest BCUT2D eigenvalue weighted by molar-refractivity contribution is -0.141. The molecule has 0 aliphatic heterocycles. The normalized spacial score (nSPS) is 11.6. The molecule has 6 nitrogen and oxygen atoms in total. The predicted molar refractivity (Wildman–Crippen MR) is 62.6 cm³/mol. The lowest BCUT2D eigenvalue weighted by Crippen LogP contribution is -2.45. The first kappa shape index (κ1) is 13.7. The van der Waals surface area contributed by atoms with E-state index in [9.17, 15) is 14.4 Å². The minimum atomic E-state index is -1.44. The van der Waals surface area contributed by atoms with E-state index < -0.39 is 30.4 Å². The van der Waals surface area contributed by atoms with E-state index in [1.807, 2.05) is 0 Å². The van der Waals surface area contributed by atoms with Crippen molar-refractivity contribution in [3.05, 3.63) is 35.9 Å². The molecule has 0 heterocycles. The highest BCUT2D eigenvalue weighted by molar-refractivity contribution is 5.99. The van der Waals surface area contributed by atoms with Crippen LogP contribution in [0.25, 0.3) is 0 Å². The van der Waals surface area contributed by atoms with Gasteiger partial charge in [0.25, 0.3) is 0 Å². The maximum Gasteiger partial charge on any atom is 0.408 e. The van der Waals surface area contributed by atoms with Gasteiger partial charge in [-0.2, -0.15) is 0 Å². The summed E-state index contributed by atoms with van der Waals surface area (Å²) in [6.45, 7) is 0.738. The largest absolute Gasteiger partial charge is 0.480 e. The molecule has 1 aromatic carbocycles. The van der Waals surface area contributed by atoms with Crippen LogP contribution in [-0.2, 0) is 4.79 Å². The van der Waals surface area contributed by atoms with Crippen LogP contribution in [0, 0.1) is 0 Å². The SMILES string of the molecule is C[C@@H](C(=O)O)N(CC(=O)c1ccccc1)C(=O)O. The van der Waals surface area contributed by atoms with Crippen molar-refractivity contribution in [2.24, 2.45) is 0 Å². The number of ketones is 1. The van der Waals surface area contributed by atoms with Crippen molar-refractivity contribution < 1.29 is 24.6 Å². The van der Waals surface area contributed by atoms with E-state index >= 15 is 0 Å². The van der Waals surface area contributed by atoms with Gasteiger partial charge in [-0.15, -0.1) is 0 Å². The number of benzene rings is 1. The monoisotopic (exact) mass is 251 g/mol. The standard InChI is InChI=1S/C12H13NO5/c1-8(11(15)16)13(12(17)18)7-10(14)9-5-3-2-4-6-9/h2-6,8H,7H2,1H3,(H,15,16)(H,17,18)/t8-/m0/s1. The molecule has 0 unspecified atom stereocenters. The van der Waals surface area contributed by atoms with E-state index in [-0.39, 0.29) is 0 Å². The summed E-state index contributed by atoms with van der Waals surface area (Å²) in [6, 6.07) is 6.86. The van der Waals surface area contributed by atoms with E-state index in [2.05, 4.69) is 0 Å². The first-order valence-corrected chi connectivity index (χ1v) is 5.24. The number of Topliss-reactive ketones (excluding diaryl/α,β-unsaturated/α-hetero) is 1. The Morgan fingerprint density at radius 3 is 2.17 bits per heavy atom. The molecule has 2 N–H and O–H groups in total. The molecule has 1 aromatic rings. The predicted octanol–water partition coefficient (Wildman–Crippen LogP) is 1.32. The summed E-state index contributed by atoms with van der Waals surface area (Å²) in [6.07, 6.45) is -1.44. The molecule has 0 aliphatic rings. The molecule has 0 fully saturated rings. The van der Waals surface area contributed by atoms with Crippen molar-refractivity contribution >= 4 is 17.8 Å². The number of aliphatic carboxylic acids is 1. The van der Waals surface area contributed by atoms with Crippen molar-refractivity contribution in [2.45, 2.75) is 13.0 Å². The molecule has 0 radical (unpaired) electrons. The fourth-order valence-corrected chi connectivity index (χ4v) is 1.37. The summed E-state index contributed by atoms with van der Waals surface area (Å²) >= 11 is 0. The van der Waals surface area contributed by atoms with Gasteiger partial charge in [0.2, 0.25) is 0 Å². The highest BCUT2D eigenvalue weighted by Gasteiger charge is 2.27. The molecule has 0 bridgehead atoms. The third-order valence-corrected chi connectivity index (χ3v) is 2.48. The average molecular weight is 251 g/mol. The Kier molecular flexibility index (Phi) is 4.42. The number of hydrogen-bond donors (Lipinski definition) is 2. The van der Waals surface area contributed by atoms with Crippen molar-refractivity contribution in [3.8, 4) is 0 Å². The van der Waals surface area contributed by atoms with Gasteiger partial charge < -0.3 is 10.2 Å². The van der Waals surface area contributed by atoms with Gasteiger partial charge in [0, 0.05) is 5.56 Å². The van der Waals surface area contributed by atoms with Gasteiger partial charge in [-0.05, 0) is 6.92 Å². The molecule has 1 amide bonds. The number of carboxylic acid groups (broad SMARTS) is 2. The number of nitrogens with zero attached hydrogens (tertiary/aromatic N) is 1. The van der Waals surface area contributed by atoms with Crippen LogP contribution in [0.15, 0.2) is 30.3 Å². The second kappa shape index (κ2) is 5.81. The Balaban J connectivity index is 2.83. The summed E-state index contributed by atoms with van der Waals surface area (Å²) in [7, 11) is 0. The quantitative estimate of drug-likeness (QED) is 0.769. The number of amides is 1. The van der Waals surface area contributed by atoms with Gasteiger partial charge in [0.15, 0.2) is 5.78 Å². The van der Waals surface area contributed by atoms with E-state index in [1.54, 1.807) is 30.3 Å². The fraction of sp³-hybridized carbons (Fsp3) is 0.250. The number of rotatable bonds is 5. The number of carboxylic acids is 1. The van der Waals surface area contributed by atoms with Gasteiger partial charge in [0.1, 0.15) is 6.04 Å². The van der Waals surface area contributed by atoms with Crippen LogP contribution >= 0.6 is 0 Å². The second-order valence-electron chi connectivity index (χ2n) is 3.71. The van der Waals surface area contributed by atoms with Gasteiger partial charge in [0.05, 0.1) is 6.54 Å². The molecule has 0 aromatic heterocycles. The van der Waals surface area contributed by atoms with Crippen molar-refractivity contribution in [1.29, 1.82) is 0 Å². The Morgan fingerprint density at radius 2 is 1.72 bits per heavy atom. The first-order chi connectivity index (χ1) is 8.43. The van der Waals surface area contributed by atoms with E-state index in [0.29, 0.717) is 10.5 Å². The molecular weight excluding hydrogens is 238 g/mol. The van der Waals surface area contributed by atoms with Gasteiger partial charge in [-0.3, -0.25) is 9.69 Å². The zero-order chi connectivity index (χ0) is 13.7. The molecule has 96 valence electrons. The number of carbonyl (C=O) groups is 3. The summed E-state index contributed by atoms with van der Waals surface area (Å²) in [5, 5.41) is 17.7. The van der Waals surface area contributed by atoms with Crippen molar-refractivity contribution in [3.63, 3.8) is 0 Å². The van der Waals surface area contributed by atoms with E-state index in [4.69, 9.17) is 10.2 Å². The molecule has 0 saturated carbocycles. The van der Waals surface area contributed by atoms with Crippen LogP contribution in [0.1, 0.15) is 17.3 Å². The minimum Gasteiger partial charge on any atom is -0.480 e. The van der Waals surface area contributed by atoms with Crippen LogP contribution in [0.5, 0.6) is 0 Å². The van der Waals surface area contributed by atoms with E-state index in [0.717, 1.165) is 0 Å². The zero-order valence-electron chi connectivity index (χ0n) is 9.74. The fourth-order valence-electron chi connectivity index (χ4n) is 1.37. The molecule has 1 rings (SSSR count). The molecular formula is C12H13NO5. The maximum absolute atomic E-state index is 11.8. The average Bonchev–Trinajstić information content (AvgIpc) is 2.35. The molecule has 0 saturated heterocycles. The first-order valence-electron chi connectivity index (χ1n) is 5.24. The Hall–Kier alpha value is -2.37. The van der Waals surface area contributed by atoms with Gasteiger partial charge in [-0.1, -0.05) is 30.3 Å². The minimum absolute atomic E-state index is 0.348.